The number of rotatable bonds is 6. The molecule has 0 bridgehead atoms. The van der Waals surface area contributed by atoms with Crippen molar-refractivity contribution in [3.63, 3.8) is 0 Å². The number of nitrogens with zero attached hydrogens (tertiary/aromatic N) is 4. The third kappa shape index (κ3) is 3.32. The Morgan fingerprint density at radius 2 is 2.17 bits per heavy atom. The number of anilines is 1. The lowest BCUT2D eigenvalue weighted by Gasteiger charge is -2.04. The van der Waals surface area contributed by atoms with Crippen molar-refractivity contribution in [1.29, 1.82) is 0 Å². The first-order valence-electron chi connectivity index (χ1n) is 7.82. The minimum absolute atomic E-state index is 0.260. The van der Waals surface area contributed by atoms with Gasteiger partial charge in [-0.25, -0.2) is 4.98 Å². The van der Waals surface area contributed by atoms with Crippen LogP contribution in [0.2, 0.25) is 0 Å². The molecule has 0 aliphatic carbocycles. The summed E-state index contributed by atoms with van der Waals surface area (Å²) in [4.78, 5) is 12.7. The quantitative estimate of drug-likeness (QED) is 0.708. The second kappa shape index (κ2) is 6.75. The molecule has 0 aromatic carbocycles. The Morgan fingerprint density at radius 3 is 2.96 bits per heavy atom. The van der Waals surface area contributed by atoms with Gasteiger partial charge in [0, 0.05) is 41.8 Å². The molecule has 0 amide bonds. The predicted molar refractivity (Wildman–Crippen MR) is 90.4 cm³/mol. The summed E-state index contributed by atoms with van der Waals surface area (Å²) in [6.45, 7) is 5.46. The van der Waals surface area contributed by atoms with Crippen LogP contribution in [0.4, 0.5) is 5.95 Å². The van der Waals surface area contributed by atoms with E-state index < -0.39 is 0 Å². The van der Waals surface area contributed by atoms with Gasteiger partial charge in [-0.15, -0.1) is 0 Å². The van der Waals surface area contributed by atoms with E-state index in [0.29, 0.717) is 6.61 Å². The molecule has 0 fully saturated rings. The van der Waals surface area contributed by atoms with Gasteiger partial charge in [-0.2, -0.15) is 4.98 Å². The monoisotopic (exact) mass is 311 g/mol. The van der Waals surface area contributed by atoms with E-state index in [1.807, 2.05) is 36.0 Å². The maximum absolute atomic E-state index is 5.77. The highest BCUT2D eigenvalue weighted by Gasteiger charge is 2.12. The van der Waals surface area contributed by atoms with Gasteiger partial charge < -0.3 is 15.0 Å². The van der Waals surface area contributed by atoms with Gasteiger partial charge in [0.2, 0.25) is 5.95 Å². The summed E-state index contributed by atoms with van der Waals surface area (Å²) in [5, 5.41) is 1.07. The van der Waals surface area contributed by atoms with Crippen LogP contribution in [0, 0.1) is 6.92 Å². The minimum atomic E-state index is 0.260. The zero-order valence-corrected chi connectivity index (χ0v) is 13.5. The van der Waals surface area contributed by atoms with E-state index in [2.05, 4.69) is 21.9 Å². The molecule has 0 saturated heterocycles. The van der Waals surface area contributed by atoms with Gasteiger partial charge in [-0.05, 0) is 25.5 Å². The largest absolute Gasteiger partial charge is 0.377 e. The summed E-state index contributed by atoms with van der Waals surface area (Å²) in [6, 6.07) is 3.89. The molecule has 2 N–H and O–H groups in total. The van der Waals surface area contributed by atoms with Crippen LogP contribution >= 0.6 is 0 Å². The Bertz CT molecular complexity index is 812. The molecule has 120 valence electrons. The molecule has 3 aromatic heterocycles. The zero-order valence-electron chi connectivity index (χ0n) is 13.5. The molecule has 0 unspecified atom stereocenters. The molecule has 0 saturated carbocycles. The van der Waals surface area contributed by atoms with Crippen LogP contribution < -0.4 is 5.73 Å². The summed E-state index contributed by atoms with van der Waals surface area (Å²) in [5.74, 6) is 1.00. The first kappa shape index (κ1) is 15.4. The summed E-state index contributed by atoms with van der Waals surface area (Å²) in [7, 11) is 0. The standard InChI is InChI=1S/C17H21N5O/c1-3-4-7-23-11-13-10-22(16-5-6-19-17(18)21-16)15-8-12(2)20-9-14(13)15/h5-6,8-10H,3-4,7,11H2,1-2H3,(H2,18,19,21). The molecule has 3 heterocycles. The lowest BCUT2D eigenvalue weighted by Crippen LogP contribution is -2.01. The minimum Gasteiger partial charge on any atom is -0.377 e. The van der Waals surface area contributed by atoms with Crippen molar-refractivity contribution in [3.05, 3.63) is 42.0 Å². The fraction of sp³-hybridized carbons (Fsp3) is 0.353. The number of aromatic nitrogens is 4. The first-order chi connectivity index (χ1) is 11.2. The second-order valence-corrected chi connectivity index (χ2v) is 5.55. The van der Waals surface area contributed by atoms with Gasteiger partial charge in [0.1, 0.15) is 5.82 Å². The SMILES string of the molecule is CCCCOCc1cn(-c2ccnc(N)n2)c2cc(C)ncc12. The number of pyridine rings is 1. The van der Waals surface area contributed by atoms with E-state index in [-0.39, 0.29) is 5.95 Å². The molecular formula is C17H21N5O. The fourth-order valence-corrected chi connectivity index (χ4v) is 2.52. The molecule has 0 atom stereocenters. The lowest BCUT2D eigenvalue weighted by atomic mass is 10.2. The molecule has 0 spiro atoms. The highest BCUT2D eigenvalue weighted by molar-refractivity contribution is 5.84. The van der Waals surface area contributed by atoms with Crippen LogP contribution in [-0.4, -0.2) is 26.1 Å². The summed E-state index contributed by atoms with van der Waals surface area (Å²) in [6.07, 6.45) is 7.79. The van der Waals surface area contributed by atoms with Crippen LogP contribution in [0.3, 0.4) is 0 Å². The topological polar surface area (TPSA) is 78.9 Å². The van der Waals surface area contributed by atoms with E-state index in [9.17, 15) is 0 Å². The van der Waals surface area contributed by atoms with Crippen LogP contribution in [0.25, 0.3) is 16.7 Å². The summed E-state index contributed by atoms with van der Waals surface area (Å²) < 4.78 is 7.79. The molecule has 0 radical (unpaired) electrons. The molecule has 6 heteroatoms. The summed E-state index contributed by atoms with van der Waals surface area (Å²) in [5.41, 5.74) is 8.82. The number of hydrogen-bond acceptors (Lipinski definition) is 5. The molecule has 0 aliphatic heterocycles. The van der Waals surface area contributed by atoms with Crippen molar-refractivity contribution >= 4 is 16.9 Å². The maximum Gasteiger partial charge on any atom is 0.221 e. The van der Waals surface area contributed by atoms with Crippen LogP contribution in [0.5, 0.6) is 0 Å². The second-order valence-electron chi connectivity index (χ2n) is 5.55. The first-order valence-corrected chi connectivity index (χ1v) is 7.82. The van der Waals surface area contributed by atoms with Gasteiger partial charge in [0.25, 0.3) is 0 Å². The van der Waals surface area contributed by atoms with Gasteiger partial charge in [-0.3, -0.25) is 4.98 Å². The van der Waals surface area contributed by atoms with Crippen molar-refractivity contribution in [2.24, 2.45) is 0 Å². The van der Waals surface area contributed by atoms with Crippen LogP contribution in [0.1, 0.15) is 31.0 Å². The van der Waals surface area contributed by atoms with Crippen molar-refractivity contribution in [3.8, 4) is 5.82 Å². The molecular weight excluding hydrogens is 290 g/mol. The number of unbranched alkanes of at least 4 members (excludes halogenated alkanes) is 1. The third-order valence-corrected chi connectivity index (χ3v) is 3.72. The maximum atomic E-state index is 5.77. The number of ether oxygens (including phenoxy) is 1. The molecule has 3 aromatic rings. The van der Waals surface area contributed by atoms with E-state index in [1.54, 1.807) is 6.20 Å². The Hall–Kier alpha value is -2.47. The van der Waals surface area contributed by atoms with Crippen molar-refractivity contribution in [2.75, 3.05) is 12.3 Å². The third-order valence-electron chi connectivity index (χ3n) is 3.72. The Kier molecular flexibility index (Phi) is 4.52. The zero-order chi connectivity index (χ0) is 16.2. The molecule has 6 nitrogen and oxygen atoms in total. The number of fused-ring (bicyclic) bond motifs is 1. The number of nitrogen functional groups attached to an aromatic ring is 1. The Labute approximate surface area is 135 Å². The summed E-state index contributed by atoms with van der Waals surface area (Å²) >= 11 is 0. The van der Waals surface area contributed by atoms with Crippen molar-refractivity contribution < 1.29 is 4.74 Å². The predicted octanol–water partition coefficient (Wildman–Crippen LogP) is 3.02. The number of aryl methyl sites for hydroxylation is 1. The van der Waals surface area contributed by atoms with Gasteiger partial charge in [0.05, 0.1) is 12.1 Å². The Balaban J connectivity index is 2.02. The molecule has 0 aliphatic rings. The highest BCUT2D eigenvalue weighted by Crippen LogP contribution is 2.25. The highest BCUT2D eigenvalue weighted by atomic mass is 16.5. The number of nitrogens with two attached hydrogens (primary N) is 1. The van der Waals surface area contributed by atoms with Gasteiger partial charge in [0.15, 0.2) is 0 Å². The number of hydrogen-bond donors (Lipinski definition) is 1. The average molecular weight is 311 g/mol. The van der Waals surface area contributed by atoms with Crippen molar-refractivity contribution in [2.45, 2.75) is 33.3 Å². The lowest BCUT2D eigenvalue weighted by molar-refractivity contribution is 0.119. The normalized spacial score (nSPS) is 11.2. The van der Waals surface area contributed by atoms with E-state index in [1.165, 1.54) is 0 Å². The van der Waals surface area contributed by atoms with Gasteiger partial charge in [-0.1, -0.05) is 13.3 Å². The van der Waals surface area contributed by atoms with Crippen LogP contribution in [0.15, 0.2) is 30.7 Å². The van der Waals surface area contributed by atoms with Crippen LogP contribution in [-0.2, 0) is 11.3 Å². The van der Waals surface area contributed by atoms with Gasteiger partial charge >= 0.3 is 0 Å². The average Bonchev–Trinajstić information content (AvgIpc) is 2.89. The van der Waals surface area contributed by atoms with E-state index in [4.69, 9.17) is 10.5 Å². The fourth-order valence-electron chi connectivity index (χ4n) is 2.52. The van der Waals surface area contributed by atoms with E-state index >= 15 is 0 Å². The smallest absolute Gasteiger partial charge is 0.221 e. The van der Waals surface area contributed by atoms with Crippen molar-refractivity contribution in [1.82, 2.24) is 19.5 Å². The Morgan fingerprint density at radius 1 is 1.30 bits per heavy atom. The molecule has 23 heavy (non-hydrogen) atoms. The van der Waals surface area contributed by atoms with E-state index in [0.717, 1.165) is 47.4 Å². The molecule has 3 rings (SSSR count).